The van der Waals surface area contributed by atoms with Crippen molar-refractivity contribution >= 4 is 50.4 Å². The van der Waals surface area contributed by atoms with E-state index in [2.05, 4.69) is 5.32 Å². The Morgan fingerprint density at radius 1 is 1.11 bits per heavy atom. The molecule has 180 valence electrons. The zero-order valence-electron chi connectivity index (χ0n) is 18.8. The summed E-state index contributed by atoms with van der Waals surface area (Å²) >= 11 is 1.92. The zero-order valence-corrected chi connectivity index (χ0v) is 21.8. The molecular formula is C25H21IN2O6S. The highest BCUT2D eigenvalue weighted by atomic mass is 127. The number of nitriles is 1. The molecule has 0 fully saturated rings. The molecule has 0 saturated heterocycles. The topological polar surface area (TPSA) is 115 Å². The van der Waals surface area contributed by atoms with E-state index >= 15 is 0 Å². The van der Waals surface area contributed by atoms with Crippen LogP contribution < -0.4 is 19.0 Å². The lowest BCUT2D eigenvalue weighted by Crippen LogP contribution is -2.13. The van der Waals surface area contributed by atoms with E-state index in [1.807, 2.05) is 28.7 Å². The molecule has 0 spiro atoms. The first-order valence-electron chi connectivity index (χ1n) is 10.3. The summed E-state index contributed by atoms with van der Waals surface area (Å²) in [6.45, 7) is 1.99. The number of benzene rings is 3. The molecule has 0 saturated carbocycles. The van der Waals surface area contributed by atoms with Gasteiger partial charge in [-0.15, -0.1) is 0 Å². The van der Waals surface area contributed by atoms with Gasteiger partial charge >= 0.3 is 10.1 Å². The molecule has 1 amide bonds. The van der Waals surface area contributed by atoms with E-state index in [9.17, 15) is 18.5 Å². The second-order valence-corrected chi connectivity index (χ2v) is 9.67. The zero-order chi connectivity index (χ0) is 25.4. The van der Waals surface area contributed by atoms with Crippen LogP contribution in [0.15, 0.2) is 77.2 Å². The highest BCUT2D eigenvalue weighted by molar-refractivity contribution is 14.1. The van der Waals surface area contributed by atoms with Crippen LogP contribution in [-0.4, -0.2) is 28.0 Å². The van der Waals surface area contributed by atoms with Crippen molar-refractivity contribution in [3.8, 4) is 23.3 Å². The maximum Gasteiger partial charge on any atom is 0.339 e. The van der Waals surface area contributed by atoms with E-state index in [0.29, 0.717) is 20.6 Å². The minimum atomic E-state index is -4.10. The predicted molar refractivity (Wildman–Crippen MR) is 140 cm³/mol. The van der Waals surface area contributed by atoms with Gasteiger partial charge in [0.15, 0.2) is 11.5 Å². The molecule has 0 atom stereocenters. The van der Waals surface area contributed by atoms with Crippen LogP contribution in [0.3, 0.4) is 0 Å². The lowest BCUT2D eigenvalue weighted by Gasteiger charge is -2.14. The van der Waals surface area contributed by atoms with E-state index in [-0.39, 0.29) is 28.6 Å². The molecular weight excluding hydrogens is 583 g/mol. The summed E-state index contributed by atoms with van der Waals surface area (Å²) in [7, 11) is -2.56. The molecule has 0 aromatic heterocycles. The number of hydrogen-bond donors (Lipinski definition) is 1. The fraction of sp³-hybridized carbons (Fsp3) is 0.120. The number of amides is 1. The molecule has 3 aromatic carbocycles. The van der Waals surface area contributed by atoms with Crippen molar-refractivity contribution in [1.29, 1.82) is 5.26 Å². The lowest BCUT2D eigenvalue weighted by atomic mass is 10.1. The van der Waals surface area contributed by atoms with Crippen molar-refractivity contribution in [2.24, 2.45) is 0 Å². The average Bonchev–Trinajstić information content (AvgIpc) is 2.85. The van der Waals surface area contributed by atoms with Crippen LogP contribution in [0.2, 0.25) is 0 Å². The molecule has 0 heterocycles. The molecule has 0 aliphatic carbocycles. The minimum Gasteiger partial charge on any atom is -0.497 e. The maximum atomic E-state index is 12.7. The minimum absolute atomic E-state index is 0.00388. The summed E-state index contributed by atoms with van der Waals surface area (Å²) < 4.78 is 42.0. The van der Waals surface area contributed by atoms with Gasteiger partial charge in [0.1, 0.15) is 22.3 Å². The van der Waals surface area contributed by atoms with Crippen LogP contribution >= 0.6 is 22.6 Å². The van der Waals surface area contributed by atoms with Crippen LogP contribution in [0.5, 0.6) is 17.2 Å². The van der Waals surface area contributed by atoms with E-state index < -0.39 is 16.0 Å². The number of ether oxygens (including phenoxy) is 2. The number of halogens is 1. The van der Waals surface area contributed by atoms with Gasteiger partial charge in [0.05, 0.1) is 17.3 Å². The summed E-state index contributed by atoms with van der Waals surface area (Å²) in [4.78, 5) is 12.6. The van der Waals surface area contributed by atoms with E-state index in [4.69, 9.17) is 13.7 Å². The third kappa shape index (κ3) is 6.74. The van der Waals surface area contributed by atoms with Gasteiger partial charge in [0.25, 0.3) is 5.91 Å². The van der Waals surface area contributed by atoms with Gasteiger partial charge in [-0.25, -0.2) is 0 Å². The molecule has 0 aliphatic heterocycles. The molecule has 10 heteroatoms. The second kappa shape index (κ2) is 11.7. The Kier molecular flexibility index (Phi) is 8.73. The first kappa shape index (κ1) is 26.1. The number of carbonyl (C=O) groups excluding carboxylic acids is 1. The van der Waals surface area contributed by atoms with Gasteiger partial charge in [-0.2, -0.15) is 13.7 Å². The maximum absolute atomic E-state index is 12.7. The van der Waals surface area contributed by atoms with Gasteiger partial charge in [-0.1, -0.05) is 18.2 Å². The summed E-state index contributed by atoms with van der Waals surface area (Å²) in [5.41, 5.74) is 0.810. The quantitative estimate of drug-likeness (QED) is 0.158. The van der Waals surface area contributed by atoms with Crippen molar-refractivity contribution < 1.29 is 26.9 Å². The summed E-state index contributed by atoms with van der Waals surface area (Å²) in [6, 6.07) is 19.4. The van der Waals surface area contributed by atoms with Crippen LogP contribution in [0.4, 0.5) is 5.69 Å². The Bertz CT molecular complexity index is 1380. The fourth-order valence-corrected chi connectivity index (χ4v) is 4.81. The third-order valence-electron chi connectivity index (χ3n) is 4.58. The fourth-order valence-electron chi connectivity index (χ4n) is 2.95. The van der Waals surface area contributed by atoms with Gasteiger partial charge in [0.2, 0.25) is 0 Å². The Morgan fingerprint density at radius 2 is 1.80 bits per heavy atom. The normalized spacial score (nSPS) is 11.3. The first-order chi connectivity index (χ1) is 16.8. The number of rotatable bonds is 9. The first-order valence-corrected chi connectivity index (χ1v) is 12.8. The average molecular weight is 604 g/mol. The second-order valence-electron chi connectivity index (χ2n) is 6.97. The van der Waals surface area contributed by atoms with Crippen LogP contribution in [0, 0.1) is 14.9 Å². The highest BCUT2D eigenvalue weighted by Crippen LogP contribution is 2.37. The Balaban J connectivity index is 1.91. The Morgan fingerprint density at radius 3 is 2.40 bits per heavy atom. The monoisotopic (exact) mass is 604 g/mol. The highest BCUT2D eigenvalue weighted by Gasteiger charge is 2.22. The van der Waals surface area contributed by atoms with E-state index in [1.54, 1.807) is 55.5 Å². The molecule has 8 nitrogen and oxygen atoms in total. The van der Waals surface area contributed by atoms with Crippen LogP contribution in [0.1, 0.15) is 12.5 Å². The molecule has 3 aromatic rings. The largest absolute Gasteiger partial charge is 0.497 e. The van der Waals surface area contributed by atoms with Crippen molar-refractivity contribution in [3.63, 3.8) is 0 Å². The Labute approximate surface area is 217 Å². The van der Waals surface area contributed by atoms with Gasteiger partial charge in [-0.3, -0.25) is 4.79 Å². The summed E-state index contributed by atoms with van der Waals surface area (Å²) in [5.74, 6) is 0.221. The lowest BCUT2D eigenvalue weighted by molar-refractivity contribution is -0.112. The van der Waals surface area contributed by atoms with Crippen molar-refractivity contribution in [3.05, 3.63) is 81.4 Å². The number of carbonyl (C=O) groups is 1. The smallest absolute Gasteiger partial charge is 0.339 e. The van der Waals surface area contributed by atoms with E-state index in [0.717, 1.165) is 0 Å². The number of nitrogens with one attached hydrogen (secondary N) is 1. The van der Waals surface area contributed by atoms with Crippen molar-refractivity contribution in [1.82, 2.24) is 0 Å². The standard InChI is InChI=1S/C25H21IN2O6S/c1-3-33-23-15-17(13-18(16-27)25(29)28-19-9-11-20(32-2)12-10-19)14-22(26)24(23)34-35(30,31)21-7-5-4-6-8-21/h4-15H,3H2,1-2H3,(H,28,29)/b18-13+. The van der Waals surface area contributed by atoms with Crippen molar-refractivity contribution in [2.45, 2.75) is 11.8 Å². The number of nitrogens with zero attached hydrogens (tertiary/aromatic N) is 1. The SMILES string of the molecule is CCOc1cc(/C=C(\C#N)C(=O)Nc2ccc(OC)cc2)cc(I)c1OS(=O)(=O)c1ccccc1. The van der Waals surface area contributed by atoms with Crippen LogP contribution in [0.25, 0.3) is 6.08 Å². The number of hydrogen-bond acceptors (Lipinski definition) is 7. The number of methoxy groups -OCH3 is 1. The molecule has 0 radical (unpaired) electrons. The molecule has 3 rings (SSSR count). The van der Waals surface area contributed by atoms with Gasteiger partial charge in [0, 0.05) is 5.69 Å². The van der Waals surface area contributed by atoms with Crippen LogP contribution in [-0.2, 0) is 14.9 Å². The molecule has 1 N–H and O–H groups in total. The van der Waals surface area contributed by atoms with Gasteiger partial charge in [-0.05, 0) is 89.7 Å². The Hall–Kier alpha value is -3.56. The molecule has 0 bridgehead atoms. The molecule has 35 heavy (non-hydrogen) atoms. The molecule has 0 aliphatic rings. The number of anilines is 1. The van der Waals surface area contributed by atoms with Crippen molar-refractivity contribution in [2.75, 3.05) is 19.0 Å². The predicted octanol–water partition coefficient (Wildman–Crippen LogP) is 5.01. The van der Waals surface area contributed by atoms with Gasteiger partial charge < -0.3 is 19.0 Å². The third-order valence-corrected chi connectivity index (χ3v) is 6.62. The van der Waals surface area contributed by atoms with E-state index in [1.165, 1.54) is 31.4 Å². The molecule has 0 unspecified atom stereocenters. The summed E-state index contributed by atoms with van der Waals surface area (Å²) in [5, 5.41) is 12.2. The summed E-state index contributed by atoms with van der Waals surface area (Å²) in [6.07, 6.45) is 1.39.